The Hall–Kier alpha value is 0.380. The number of thioether (sulfide) groups is 1. The predicted octanol–water partition coefficient (Wildman–Crippen LogP) is -1.33. The van der Waals surface area contributed by atoms with Crippen LogP contribution in [0.4, 0.5) is 0 Å². The summed E-state index contributed by atoms with van der Waals surface area (Å²) >= 11 is 1.46. The van der Waals surface area contributed by atoms with Crippen LogP contribution in [0.15, 0.2) is 0 Å². The summed E-state index contributed by atoms with van der Waals surface area (Å²) in [4.78, 5) is 20.5. The van der Waals surface area contributed by atoms with Gasteiger partial charge in [0.2, 0.25) is 0 Å². The van der Waals surface area contributed by atoms with Crippen LogP contribution in [0, 0.1) is 0 Å². The monoisotopic (exact) mass is 242 g/mol. The van der Waals surface area contributed by atoms with Gasteiger partial charge < -0.3 is 28.7 Å². The first-order valence-corrected chi connectivity index (χ1v) is 6.81. The van der Waals surface area contributed by atoms with Gasteiger partial charge in [0, 0.05) is 12.2 Å². The van der Waals surface area contributed by atoms with Gasteiger partial charge in [-0.3, -0.25) is 0 Å². The van der Waals surface area contributed by atoms with Crippen molar-refractivity contribution >= 4 is 19.6 Å². The minimum atomic E-state index is -5.03. The third-order valence-electron chi connectivity index (χ3n) is 1.77. The number of aliphatic hydroxyl groups excluding tert-OH is 1. The molecule has 3 atom stereocenters. The quantitative estimate of drug-likeness (QED) is 0.609. The van der Waals surface area contributed by atoms with Crippen molar-refractivity contribution in [3.63, 3.8) is 0 Å². The molecule has 0 bridgehead atoms. The van der Waals surface area contributed by atoms with Gasteiger partial charge in [-0.2, -0.15) is 11.8 Å². The van der Waals surface area contributed by atoms with Gasteiger partial charge >= 0.3 is 0 Å². The van der Waals surface area contributed by atoms with Crippen molar-refractivity contribution in [1.29, 1.82) is 0 Å². The lowest BCUT2D eigenvalue weighted by Crippen LogP contribution is -2.24. The van der Waals surface area contributed by atoms with E-state index in [0.717, 1.165) is 0 Å². The van der Waals surface area contributed by atoms with Crippen LogP contribution in [0.25, 0.3) is 0 Å². The standard InChI is InChI=1S/C6H13O6PS/c1-14-3-5-4(7)2-6(11-5)12-13(8,9)10/h4-7H,2-3H2,1H3,(H2,8,9,10)/p-2/t4-,5+,6-/m0/s1. The maximum atomic E-state index is 10.2. The summed E-state index contributed by atoms with van der Waals surface area (Å²) in [7, 11) is -5.03. The first kappa shape index (κ1) is 12.4. The minimum absolute atomic E-state index is 0.0136. The van der Waals surface area contributed by atoms with Gasteiger partial charge in [0.15, 0.2) is 6.29 Å². The SMILES string of the molecule is CSC[C@H]1O[C@@H](OP(=O)([O-])[O-])C[C@@H]1O. The first-order valence-electron chi connectivity index (χ1n) is 3.95. The molecule has 0 amide bonds. The highest BCUT2D eigenvalue weighted by Crippen LogP contribution is 2.34. The summed E-state index contributed by atoms with van der Waals surface area (Å²) < 4.78 is 19.4. The molecule has 0 aromatic heterocycles. The van der Waals surface area contributed by atoms with Crippen molar-refractivity contribution in [3.05, 3.63) is 0 Å². The summed E-state index contributed by atoms with van der Waals surface area (Å²) in [5.41, 5.74) is 0. The Morgan fingerprint density at radius 2 is 2.36 bits per heavy atom. The molecular formula is C6H11O6PS-2. The van der Waals surface area contributed by atoms with Crippen molar-refractivity contribution in [2.24, 2.45) is 0 Å². The fraction of sp³-hybridized carbons (Fsp3) is 1.00. The number of hydrogen-bond donors (Lipinski definition) is 1. The maximum Gasteiger partial charge on any atom is 0.165 e. The highest BCUT2D eigenvalue weighted by Gasteiger charge is 2.34. The first-order chi connectivity index (χ1) is 6.42. The minimum Gasteiger partial charge on any atom is -0.790 e. The Balaban J connectivity index is 2.42. The Kier molecular flexibility index (Phi) is 4.39. The second kappa shape index (κ2) is 4.94. The second-order valence-corrected chi connectivity index (χ2v) is 4.93. The van der Waals surface area contributed by atoms with E-state index in [1.807, 2.05) is 6.26 Å². The Bertz CT molecular complexity index is 230. The van der Waals surface area contributed by atoms with Crippen molar-refractivity contribution in [3.8, 4) is 0 Å². The van der Waals surface area contributed by atoms with Gasteiger partial charge in [-0.05, 0) is 6.26 Å². The summed E-state index contributed by atoms with van der Waals surface area (Å²) in [5.74, 6) is 0.531. The van der Waals surface area contributed by atoms with Crippen LogP contribution < -0.4 is 9.79 Å². The summed E-state index contributed by atoms with van der Waals surface area (Å²) in [5, 5.41) is 9.38. The van der Waals surface area contributed by atoms with E-state index < -0.39 is 26.3 Å². The number of hydrogen-bond acceptors (Lipinski definition) is 7. The molecule has 6 nitrogen and oxygen atoms in total. The number of rotatable bonds is 4. The average Bonchev–Trinajstić information content (AvgIpc) is 2.28. The van der Waals surface area contributed by atoms with E-state index in [0.29, 0.717) is 5.75 Å². The molecule has 1 aliphatic heterocycles. The zero-order valence-electron chi connectivity index (χ0n) is 7.49. The lowest BCUT2D eigenvalue weighted by atomic mass is 10.2. The number of ether oxygens (including phenoxy) is 1. The van der Waals surface area contributed by atoms with E-state index in [9.17, 15) is 19.5 Å². The van der Waals surface area contributed by atoms with Crippen molar-refractivity contribution in [2.75, 3.05) is 12.0 Å². The van der Waals surface area contributed by atoms with Crippen LogP contribution in [0.1, 0.15) is 6.42 Å². The highest BCUT2D eigenvalue weighted by atomic mass is 32.2. The van der Waals surface area contributed by atoms with Crippen molar-refractivity contribution in [2.45, 2.75) is 24.9 Å². The normalized spacial score (nSPS) is 33.6. The summed E-state index contributed by atoms with van der Waals surface area (Å²) in [6.45, 7) is 0. The largest absolute Gasteiger partial charge is 0.790 e. The van der Waals surface area contributed by atoms with Gasteiger partial charge in [0.25, 0.3) is 0 Å². The van der Waals surface area contributed by atoms with E-state index >= 15 is 0 Å². The molecule has 0 unspecified atom stereocenters. The second-order valence-electron chi connectivity index (χ2n) is 2.92. The van der Waals surface area contributed by atoms with E-state index in [4.69, 9.17) is 4.74 Å². The van der Waals surface area contributed by atoms with Crippen LogP contribution >= 0.6 is 19.6 Å². The Labute approximate surface area is 85.8 Å². The van der Waals surface area contributed by atoms with Crippen LogP contribution in [0.5, 0.6) is 0 Å². The van der Waals surface area contributed by atoms with Crippen molar-refractivity contribution < 1.29 is 28.7 Å². The highest BCUT2D eigenvalue weighted by molar-refractivity contribution is 7.98. The number of phosphoric ester groups is 1. The van der Waals surface area contributed by atoms with E-state index in [-0.39, 0.29) is 6.42 Å². The molecular weight excluding hydrogens is 231 g/mol. The summed E-state index contributed by atoms with van der Waals surface area (Å²) in [6, 6.07) is 0. The molecule has 0 aromatic carbocycles. The molecule has 84 valence electrons. The van der Waals surface area contributed by atoms with Gasteiger partial charge in [-0.1, -0.05) is 0 Å². The number of aliphatic hydroxyl groups is 1. The van der Waals surface area contributed by atoms with Crippen LogP contribution in [-0.4, -0.2) is 35.6 Å². The maximum absolute atomic E-state index is 10.2. The molecule has 0 spiro atoms. The third-order valence-corrected chi connectivity index (χ3v) is 2.92. The Morgan fingerprint density at radius 1 is 1.71 bits per heavy atom. The molecule has 1 saturated heterocycles. The van der Waals surface area contributed by atoms with Crippen molar-refractivity contribution in [1.82, 2.24) is 0 Å². The van der Waals surface area contributed by atoms with Gasteiger partial charge in [-0.25, -0.2) is 0 Å². The van der Waals surface area contributed by atoms with E-state index in [2.05, 4.69) is 4.52 Å². The fourth-order valence-corrected chi connectivity index (χ4v) is 2.27. The van der Waals surface area contributed by atoms with Gasteiger partial charge in [-0.15, -0.1) is 0 Å². The van der Waals surface area contributed by atoms with E-state index in [1.54, 1.807) is 0 Å². The smallest absolute Gasteiger partial charge is 0.165 e. The molecule has 1 fully saturated rings. The Morgan fingerprint density at radius 3 is 2.86 bits per heavy atom. The van der Waals surface area contributed by atoms with Gasteiger partial charge in [0.1, 0.15) is 0 Å². The molecule has 0 radical (unpaired) electrons. The van der Waals surface area contributed by atoms with E-state index in [1.165, 1.54) is 11.8 Å². The lowest BCUT2D eigenvalue weighted by Gasteiger charge is -2.31. The molecule has 1 aliphatic rings. The van der Waals surface area contributed by atoms with Crippen LogP contribution in [0.3, 0.4) is 0 Å². The van der Waals surface area contributed by atoms with Crippen LogP contribution in [-0.2, 0) is 13.8 Å². The third kappa shape index (κ3) is 3.86. The molecule has 14 heavy (non-hydrogen) atoms. The molecule has 1 rings (SSSR count). The molecule has 8 heteroatoms. The topological polar surface area (TPSA) is 102 Å². The lowest BCUT2D eigenvalue weighted by molar-refractivity contribution is -0.351. The fourth-order valence-electron chi connectivity index (χ4n) is 1.22. The molecule has 1 heterocycles. The average molecular weight is 242 g/mol. The molecule has 0 saturated carbocycles. The van der Waals surface area contributed by atoms with Crippen LogP contribution in [0.2, 0.25) is 0 Å². The zero-order chi connectivity index (χ0) is 10.8. The predicted molar refractivity (Wildman–Crippen MR) is 46.4 cm³/mol. The van der Waals surface area contributed by atoms with Gasteiger partial charge in [0.05, 0.1) is 20.0 Å². The molecule has 0 aliphatic carbocycles. The zero-order valence-corrected chi connectivity index (χ0v) is 9.20. The number of phosphoric acid groups is 1. The molecule has 0 aromatic rings. The molecule has 1 N–H and O–H groups in total. The summed E-state index contributed by atoms with van der Waals surface area (Å²) in [6.07, 6.45) is -0.542.